The summed E-state index contributed by atoms with van der Waals surface area (Å²) in [5.41, 5.74) is 0.900. The van der Waals surface area contributed by atoms with E-state index >= 15 is 0 Å². The van der Waals surface area contributed by atoms with Gasteiger partial charge in [0.2, 0.25) is 15.9 Å². The fraction of sp³-hybridized carbons (Fsp3) is 0.391. The van der Waals surface area contributed by atoms with Crippen molar-refractivity contribution in [1.29, 1.82) is 0 Å². The molecule has 0 saturated carbocycles. The van der Waals surface area contributed by atoms with E-state index < -0.39 is 22.0 Å². The molecule has 0 bridgehead atoms. The maximum atomic E-state index is 13.0. The Labute approximate surface area is 194 Å². The van der Waals surface area contributed by atoms with Crippen LogP contribution in [0.3, 0.4) is 0 Å². The molecule has 2 aromatic rings. The van der Waals surface area contributed by atoms with E-state index in [9.17, 15) is 18.0 Å². The van der Waals surface area contributed by atoms with Crippen molar-refractivity contribution in [1.82, 2.24) is 5.32 Å². The molecule has 1 saturated heterocycles. The molecule has 3 rings (SSSR count). The number of carbonyl (C=O) groups excluding carboxylic acids is 2. The van der Waals surface area contributed by atoms with Gasteiger partial charge >= 0.3 is 0 Å². The lowest BCUT2D eigenvalue weighted by Crippen LogP contribution is -2.45. The Morgan fingerprint density at radius 2 is 1.88 bits per heavy atom. The Balaban J connectivity index is 1.76. The van der Waals surface area contributed by atoms with E-state index in [1.165, 1.54) is 14.0 Å². The summed E-state index contributed by atoms with van der Waals surface area (Å²) in [7, 11) is -2.27. The number of rotatable bonds is 9. The quantitative estimate of drug-likeness (QED) is 0.576. The number of hydrogen-bond acceptors (Lipinski definition) is 6. The van der Waals surface area contributed by atoms with Gasteiger partial charge in [-0.1, -0.05) is 12.1 Å². The van der Waals surface area contributed by atoms with E-state index in [1.54, 1.807) is 48.5 Å². The first-order valence-corrected chi connectivity index (χ1v) is 12.5. The van der Waals surface area contributed by atoms with Crippen molar-refractivity contribution >= 4 is 33.2 Å². The molecule has 2 amide bonds. The maximum absolute atomic E-state index is 13.0. The fourth-order valence-electron chi connectivity index (χ4n) is 3.67. The third kappa shape index (κ3) is 6.23. The maximum Gasteiger partial charge on any atom is 0.253 e. The van der Waals surface area contributed by atoms with Crippen LogP contribution in [-0.4, -0.2) is 58.9 Å². The number of ether oxygens (including phenoxy) is 2. The van der Waals surface area contributed by atoms with Gasteiger partial charge in [0, 0.05) is 13.2 Å². The van der Waals surface area contributed by atoms with Gasteiger partial charge in [-0.3, -0.25) is 13.9 Å². The molecule has 0 unspecified atom stereocenters. The molecule has 9 nitrogen and oxygen atoms in total. The van der Waals surface area contributed by atoms with Gasteiger partial charge in [-0.25, -0.2) is 8.42 Å². The van der Waals surface area contributed by atoms with Crippen LogP contribution in [0, 0.1) is 0 Å². The summed E-state index contributed by atoms with van der Waals surface area (Å²) >= 11 is 0. The van der Waals surface area contributed by atoms with Crippen molar-refractivity contribution in [2.24, 2.45) is 0 Å². The van der Waals surface area contributed by atoms with Crippen molar-refractivity contribution < 1.29 is 27.5 Å². The predicted octanol–water partition coefficient (Wildman–Crippen LogP) is 2.40. The monoisotopic (exact) mass is 475 g/mol. The number of benzene rings is 2. The van der Waals surface area contributed by atoms with Crippen LogP contribution >= 0.6 is 0 Å². The van der Waals surface area contributed by atoms with Gasteiger partial charge < -0.3 is 20.1 Å². The van der Waals surface area contributed by atoms with Crippen molar-refractivity contribution in [3.8, 4) is 5.75 Å². The molecular weight excluding hydrogens is 446 g/mol. The molecule has 33 heavy (non-hydrogen) atoms. The number of amides is 2. The molecule has 0 radical (unpaired) electrons. The molecule has 0 aromatic heterocycles. The van der Waals surface area contributed by atoms with Crippen LogP contribution in [0.5, 0.6) is 5.75 Å². The summed E-state index contributed by atoms with van der Waals surface area (Å²) in [4.78, 5) is 25.8. The van der Waals surface area contributed by atoms with E-state index in [4.69, 9.17) is 9.47 Å². The largest absolute Gasteiger partial charge is 0.497 e. The summed E-state index contributed by atoms with van der Waals surface area (Å²) in [6.07, 6.45) is 2.88. The number of nitrogens with one attached hydrogen (secondary N) is 2. The van der Waals surface area contributed by atoms with E-state index in [2.05, 4.69) is 10.6 Å². The van der Waals surface area contributed by atoms with Crippen LogP contribution in [0.25, 0.3) is 0 Å². The minimum Gasteiger partial charge on any atom is -0.497 e. The predicted molar refractivity (Wildman–Crippen MR) is 126 cm³/mol. The van der Waals surface area contributed by atoms with Gasteiger partial charge in [-0.15, -0.1) is 0 Å². The Morgan fingerprint density at radius 1 is 1.18 bits per heavy atom. The Kier molecular flexibility index (Phi) is 7.93. The standard InChI is InChI=1S/C23H29N3O6S/c1-16(26(33(3,29)30)17-10-12-18(31-2)13-11-17)22(27)25-21-9-5-4-8-20(21)23(28)24-15-19-7-6-14-32-19/h4-5,8-13,16,19H,6-7,14-15H2,1-3H3,(H,24,28)(H,25,27)/t16-,19-/m0/s1. The van der Waals surface area contributed by atoms with Crippen LogP contribution in [0.4, 0.5) is 11.4 Å². The zero-order valence-electron chi connectivity index (χ0n) is 18.9. The van der Waals surface area contributed by atoms with Crippen molar-refractivity contribution in [3.63, 3.8) is 0 Å². The van der Waals surface area contributed by atoms with Gasteiger partial charge in [-0.2, -0.15) is 0 Å². The number of nitrogens with zero attached hydrogens (tertiary/aromatic N) is 1. The summed E-state index contributed by atoms with van der Waals surface area (Å²) < 4.78 is 36.7. The second-order valence-corrected chi connectivity index (χ2v) is 9.67. The minimum atomic E-state index is -3.78. The average Bonchev–Trinajstić information content (AvgIpc) is 3.31. The van der Waals surface area contributed by atoms with Crippen molar-refractivity contribution in [3.05, 3.63) is 54.1 Å². The molecule has 2 atom stereocenters. The summed E-state index contributed by atoms with van der Waals surface area (Å²) in [5.74, 6) is -0.355. The third-order valence-corrected chi connectivity index (χ3v) is 6.60. The zero-order chi connectivity index (χ0) is 24.0. The van der Waals surface area contributed by atoms with Gasteiger partial charge in [0.05, 0.1) is 36.4 Å². The highest BCUT2D eigenvalue weighted by molar-refractivity contribution is 7.92. The second kappa shape index (κ2) is 10.7. The van der Waals surface area contributed by atoms with Gasteiger partial charge in [0.1, 0.15) is 11.8 Å². The van der Waals surface area contributed by atoms with E-state index in [1.807, 2.05) is 0 Å². The van der Waals surface area contributed by atoms with Crippen LogP contribution in [0.15, 0.2) is 48.5 Å². The number of carbonyl (C=O) groups is 2. The van der Waals surface area contributed by atoms with Crippen LogP contribution in [0.2, 0.25) is 0 Å². The van der Waals surface area contributed by atoms with E-state index in [0.29, 0.717) is 30.3 Å². The number of sulfonamides is 1. The lowest BCUT2D eigenvalue weighted by molar-refractivity contribution is -0.116. The van der Waals surface area contributed by atoms with E-state index in [-0.39, 0.29) is 17.6 Å². The summed E-state index contributed by atoms with van der Waals surface area (Å²) in [6.45, 7) is 2.56. The molecule has 178 valence electrons. The molecule has 2 N–H and O–H groups in total. The molecule has 2 aromatic carbocycles. The molecule has 1 fully saturated rings. The second-order valence-electron chi connectivity index (χ2n) is 7.81. The number of methoxy groups -OCH3 is 1. The van der Waals surface area contributed by atoms with Crippen LogP contribution < -0.4 is 19.7 Å². The Bertz CT molecular complexity index is 1080. The van der Waals surface area contributed by atoms with Crippen molar-refractivity contribution in [2.75, 3.05) is 36.1 Å². The van der Waals surface area contributed by atoms with Gasteiger partial charge in [0.25, 0.3) is 5.91 Å². The number of hydrogen-bond donors (Lipinski definition) is 2. The normalized spacial score (nSPS) is 16.6. The van der Waals surface area contributed by atoms with Crippen LogP contribution in [-0.2, 0) is 19.6 Å². The van der Waals surface area contributed by atoms with E-state index in [0.717, 1.165) is 23.4 Å². The molecule has 1 aliphatic heterocycles. The summed E-state index contributed by atoms with van der Waals surface area (Å²) in [6, 6.07) is 11.9. The lowest BCUT2D eigenvalue weighted by atomic mass is 10.1. The Morgan fingerprint density at radius 3 is 2.48 bits per heavy atom. The average molecular weight is 476 g/mol. The topological polar surface area (TPSA) is 114 Å². The Hall–Kier alpha value is -3.11. The molecular formula is C23H29N3O6S. The first-order valence-electron chi connectivity index (χ1n) is 10.6. The SMILES string of the molecule is COc1ccc(N([C@@H](C)C(=O)Nc2ccccc2C(=O)NC[C@@H]2CCCO2)S(C)(=O)=O)cc1. The highest BCUT2D eigenvalue weighted by atomic mass is 32.2. The molecule has 1 aliphatic rings. The van der Waals surface area contributed by atoms with Gasteiger partial charge in [-0.05, 0) is 56.2 Å². The van der Waals surface area contributed by atoms with Gasteiger partial charge in [0.15, 0.2) is 0 Å². The number of anilines is 2. The first-order chi connectivity index (χ1) is 15.7. The molecule has 0 spiro atoms. The first kappa shape index (κ1) is 24.5. The lowest BCUT2D eigenvalue weighted by Gasteiger charge is -2.28. The smallest absolute Gasteiger partial charge is 0.253 e. The van der Waals surface area contributed by atoms with Crippen molar-refractivity contribution in [2.45, 2.75) is 31.9 Å². The highest BCUT2D eigenvalue weighted by Gasteiger charge is 2.30. The third-order valence-electron chi connectivity index (χ3n) is 5.36. The minimum absolute atomic E-state index is 0.0106. The highest BCUT2D eigenvalue weighted by Crippen LogP contribution is 2.25. The summed E-state index contributed by atoms with van der Waals surface area (Å²) in [5, 5.41) is 5.54. The van der Waals surface area contributed by atoms with Crippen LogP contribution in [0.1, 0.15) is 30.1 Å². The fourth-order valence-corrected chi connectivity index (χ4v) is 4.85. The molecule has 1 heterocycles. The molecule has 0 aliphatic carbocycles. The number of para-hydroxylation sites is 1. The zero-order valence-corrected chi connectivity index (χ0v) is 19.7. The molecule has 10 heteroatoms.